The van der Waals surface area contributed by atoms with E-state index < -0.39 is 23.5 Å². The van der Waals surface area contributed by atoms with Gasteiger partial charge in [0.2, 0.25) is 5.75 Å². The summed E-state index contributed by atoms with van der Waals surface area (Å²) in [6.07, 6.45) is -3.36. The van der Waals surface area contributed by atoms with Crippen molar-refractivity contribution in [2.24, 2.45) is 0 Å². The van der Waals surface area contributed by atoms with E-state index in [0.29, 0.717) is 28.7 Å². The number of carbonyl (C=O) groups excluding carboxylic acids is 1. The van der Waals surface area contributed by atoms with Gasteiger partial charge in [-0.3, -0.25) is 5.32 Å². The number of amides is 2. The van der Waals surface area contributed by atoms with Gasteiger partial charge in [-0.2, -0.15) is 18.3 Å². The van der Waals surface area contributed by atoms with Crippen molar-refractivity contribution in [2.75, 3.05) is 22.6 Å². The number of hydrogen-bond acceptors (Lipinski definition) is 6. The molecular formula is C30H29F3N6O3. The van der Waals surface area contributed by atoms with Gasteiger partial charge < -0.3 is 20.1 Å². The van der Waals surface area contributed by atoms with Crippen molar-refractivity contribution < 1.29 is 27.4 Å². The number of rotatable bonds is 5. The molecule has 0 aliphatic carbocycles. The number of ether oxygens (including phenoxy) is 2. The Kier molecular flexibility index (Phi) is 7.31. The number of nitrogens with zero attached hydrogens (tertiary/aromatic N) is 3. The van der Waals surface area contributed by atoms with Gasteiger partial charge in [-0.1, -0.05) is 39.5 Å². The summed E-state index contributed by atoms with van der Waals surface area (Å²) in [7, 11) is 0. The van der Waals surface area contributed by atoms with Crippen molar-refractivity contribution in [1.29, 1.82) is 0 Å². The molecule has 2 aromatic carbocycles. The van der Waals surface area contributed by atoms with Gasteiger partial charge in [0.05, 0.1) is 22.6 Å². The molecule has 0 saturated carbocycles. The summed E-state index contributed by atoms with van der Waals surface area (Å²) >= 11 is 0. The minimum absolute atomic E-state index is 0.109. The Labute approximate surface area is 240 Å². The number of carbonyl (C=O) groups is 1. The summed E-state index contributed by atoms with van der Waals surface area (Å²) in [5.41, 5.74) is 1.07. The van der Waals surface area contributed by atoms with Crippen LogP contribution >= 0.6 is 0 Å². The summed E-state index contributed by atoms with van der Waals surface area (Å²) < 4.78 is 55.3. The molecule has 1 aliphatic rings. The van der Waals surface area contributed by atoms with Crippen LogP contribution in [0.15, 0.2) is 73.1 Å². The first-order valence-electron chi connectivity index (χ1n) is 13.0. The highest BCUT2D eigenvalue weighted by Gasteiger charge is 2.35. The summed E-state index contributed by atoms with van der Waals surface area (Å²) in [6.45, 7) is 11.8. The van der Waals surface area contributed by atoms with Gasteiger partial charge in [0, 0.05) is 29.4 Å². The molecule has 218 valence electrons. The molecule has 4 aromatic rings. The molecule has 3 N–H and O–H groups in total. The highest BCUT2D eigenvalue weighted by Crippen LogP contribution is 2.42. The maximum atomic E-state index is 14.1. The number of anilines is 3. The number of nitrogens with one attached hydrogen (secondary N) is 3. The first-order chi connectivity index (χ1) is 19.8. The Bertz CT molecular complexity index is 1670. The molecule has 0 spiro atoms. The normalized spacial score (nSPS) is 13.1. The number of hydrogen-bond donors (Lipinski definition) is 3. The Balaban J connectivity index is 1.41. The summed E-state index contributed by atoms with van der Waals surface area (Å²) in [5, 5.41) is 12.6. The molecule has 0 bridgehead atoms. The lowest BCUT2D eigenvalue weighted by molar-refractivity contribution is -0.137. The lowest BCUT2D eigenvalue weighted by Gasteiger charge is -2.22. The van der Waals surface area contributed by atoms with E-state index in [9.17, 15) is 18.0 Å². The van der Waals surface area contributed by atoms with Gasteiger partial charge in [0.15, 0.2) is 11.6 Å². The molecule has 0 unspecified atom stereocenters. The van der Waals surface area contributed by atoms with Gasteiger partial charge >= 0.3 is 12.2 Å². The van der Waals surface area contributed by atoms with E-state index in [1.165, 1.54) is 18.3 Å². The fourth-order valence-corrected chi connectivity index (χ4v) is 4.22. The van der Waals surface area contributed by atoms with Crippen LogP contribution in [0.25, 0.3) is 5.69 Å². The molecule has 0 atom stereocenters. The molecule has 0 fully saturated rings. The predicted octanol–water partition coefficient (Wildman–Crippen LogP) is 7.65. The zero-order chi connectivity index (χ0) is 30.2. The average molecular weight is 579 g/mol. The second kappa shape index (κ2) is 10.8. The van der Waals surface area contributed by atoms with Crippen LogP contribution in [0.3, 0.4) is 0 Å². The number of fused-ring (bicyclic) bond motifs is 1. The van der Waals surface area contributed by atoms with Crippen molar-refractivity contribution in [2.45, 2.75) is 39.3 Å². The van der Waals surface area contributed by atoms with Crippen LogP contribution in [0.2, 0.25) is 0 Å². The molecule has 2 aromatic heterocycles. The van der Waals surface area contributed by atoms with E-state index in [1.54, 1.807) is 10.7 Å². The van der Waals surface area contributed by atoms with Crippen LogP contribution in [0.4, 0.5) is 35.3 Å². The standard InChI is InChI=1S/C30H29F3N6O3/c1-17-7-6-8-19(13-17)39-25(15-24(38-39)29(3,4)5)37-28(40)36-22-10-9-20(14-21(22)30(31,32)33)42-23-11-12-34-27-26(23)41-16-18(2)35-27/h6-15H,2,16H2,1,3-5H3,(H,34,35)(H2,36,37,40). The van der Waals surface area contributed by atoms with Crippen molar-refractivity contribution >= 4 is 23.4 Å². The number of benzene rings is 2. The zero-order valence-corrected chi connectivity index (χ0v) is 23.4. The Morgan fingerprint density at radius 2 is 1.88 bits per heavy atom. The fourth-order valence-electron chi connectivity index (χ4n) is 4.22. The van der Waals surface area contributed by atoms with Gasteiger partial charge in [-0.05, 0) is 42.8 Å². The van der Waals surface area contributed by atoms with Gasteiger partial charge in [-0.15, -0.1) is 0 Å². The van der Waals surface area contributed by atoms with E-state index in [4.69, 9.17) is 9.47 Å². The Morgan fingerprint density at radius 3 is 2.60 bits per heavy atom. The van der Waals surface area contributed by atoms with Crippen molar-refractivity contribution in [1.82, 2.24) is 14.8 Å². The lowest BCUT2D eigenvalue weighted by Crippen LogP contribution is -2.23. The Hall–Kier alpha value is -5.00. The molecule has 0 saturated heterocycles. The molecule has 3 heterocycles. The molecule has 5 rings (SSSR count). The molecule has 1 aliphatic heterocycles. The minimum Gasteiger partial charge on any atom is -0.480 e. The second-order valence-corrected chi connectivity index (χ2v) is 10.8. The second-order valence-electron chi connectivity index (χ2n) is 10.8. The quantitative estimate of drug-likeness (QED) is 0.225. The van der Waals surface area contributed by atoms with Crippen molar-refractivity contribution in [3.05, 3.63) is 89.9 Å². The number of aryl methyl sites for hydroxylation is 1. The minimum atomic E-state index is -4.79. The highest BCUT2D eigenvalue weighted by molar-refractivity contribution is 6.00. The SMILES string of the molecule is C=C1COc2c(Oc3ccc(NC(=O)Nc4cc(C(C)(C)C)nn4-c4cccc(C)c4)c(C(F)(F)F)c3)ccnc2N1. The average Bonchev–Trinajstić information content (AvgIpc) is 3.33. The van der Waals surface area contributed by atoms with E-state index >= 15 is 0 Å². The summed E-state index contributed by atoms with van der Waals surface area (Å²) in [4.78, 5) is 17.2. The van der Waals surface area contributed by atoms with E-state index in [2.05, 4.69) is 32.6 Å². The zero-order valence-electron chi connectivity index (χ0n) is 23.4. The van der Waals surface area contributed by atoms with Crippen LogP contribution in [0.1, 0.15) is 37.6 Å². The topological polar surface area (TPSA) is 102 Å². The first kappa shape index (κ1) is 28.5. The Morgan fingerprint density at radius 1 is 1.10 bits per heavy atom. The van der Waals surface area contributed by atoms with Crippen molar-refractivity contribution in [3.8, 4) is 22.9 Å². The third-order valence-electron chi connectivity index (χ3n) is 6.29. The monoisotopic (exact) mass is 578 g/mol. The fraction of sp³-hybridized carbons (Fsp3) is 0.233. The van der Waals surface area contributed by atoms with Gasteiger partial charge in [0.1, 0.15) is 18.2 Å². The molecule has 42 heavy (non-hydrogen) atoms. The molecule has 0 radical (unpaired) electrons. The van der Waals surface area contributed by atoms with Crippen LogP contribution in [0, 0.1) is 6.92 Å². The van der Waals surface area contributed by atoms with Crippen LogP contribution in [0.5, 0.6) is 17.2 Å². The third kappa shape index (κ3) is 6.17. The van der Waals surface area contributed by atoms with Crippen LogP contribution < -0.4 is 25.4 Å². The third-order valence-corrected chi connectivity index (χ3v) is 6.29. The number of aromatic nitrogens is 3. The number of alkyl halides is 3. The smallest absolute Gasteiger partial charge is 0.418 e. The van der Waals surface area contributed by atoms with E-state index in [0.717, 1.165) is 17.7 Å². The predicted molar refractivity (Wildman–Crippen MR) is 154 cm³/mol. The van der Waals surface area contributed by atoms with E-state index in [1.807, 2.05) is 52.0 Å². The van der Waals surface area contributed by atoms with E-state index in [-0.39, 0.29) is 29.3 Å². The highest BCUT2D eigenvalue weighted by atomic mass is 19.4. The van der Waals surface area contributed by atoms with Crippen LogP contribution in [-0.2, 0) is 11.6 Å². The summed E-state index contributed by atoms with van der Waals surface area (Å²) in [6, 6.07) is 13.1. The lowest BCUT2D eigenvalue weighted by atomic mass is 9.92. The maximum absolute atomic E-state index is 14.1. The maximum Gasteiger partial charge on any atom is 0.418 e. The molecular weight excluding hydrogens is 549 g/mol. The molecule has 12 heteroatoms. The van der Waals surface area contributed by atoms with Crippen LogP contribution in [-0.4, -0.2) is 27.4 Å². The van der Waals surface area contributed by atoms with Gasteiger partial charge in [-0.25, -0.2) is 14.5 Å². The molecule has 2 amide bonds. The van der Waals surface area contributed by atoms with Crippen molar-refractivity contribution in [3.63, 3.8) is 0 Å². The summed E-state index contributed by atoms with van der Waals surface area (Å²) in [5.74, 6) is 0.956. The van der Waals surface area contributed by atoms with Gasteiger partial charge in [0.25, 0.3) is 0 Å². The number of urea groups is 1. The number of pyridine rings is 1. The molecule has 9 nitrogen and oxygen atoms in total. The largest absolute Gasteiger partial charge is 0.480 e. The first-order valence-corrected chi connectivity index (χ1v) is 13.0. The number of halogens is 3.